The van der Waals surface area contributed by atoms with Crippen LogP contribution in [0.2, 0.25) is 0 Å². The second kappa shape index (κ2) is 10.9. The van der Waals surface area contributed by atoms with Gasteiger partial charge in [0.15, 0.2) is 0 Å². The molecule has 0 saturated carbocycles. The summed E-state index contributed by atoms with van der Waals surface area (Å²) in [6, 6.07) is 0. The van der Waals surface area contributed by atoms with E-state index in [1.54, 1.807) is 0 Å². The number of rotatable bonds is 9. The minimum atomic E-state index is -3.33. The molecular weight excluding hydrogens is 459 g/mol. The van der Waals surface area contributed by atoms with Gasteiger partial charge in [0, 0.05) is 0 Å². The Kier molecular flexibility index (Phi) is 9.94. The van der Waals surface area contributed by atoms with Gasteiger partial charge in [-0.3, -0.25) is 0 Å². The van der Waals surface area contributed by atoms with E-state index in [2.05, 4.69) is 0 Å². The third-order valence-electron chi connectivity index (χ3n) is 3.34. The fraction of sp³-hybridized carbons (Fsp3) is 0.923. The Balaban J connectivity index is 2.57. The standard InChI is InChI=1S/C13H25IO11/c1-6(17)2-8-11(20)12(21)14(22)13(25-8)23-5-10(19)24-9(4-16)7(18)3-15/h6-9,11-13,15-18,20-22H,2-5H2,1H3/t6-,7-,8?,9-,11+,12?,13-/m0/s1. The number of aliphatic hydroxyl groups excluding tert-OH is 6. The van der Waals surface area contributed by atoms with Crippen LogP contribution in [0, 0.1) is 0 Å². The molecule has 12 heteroatoms. The average molecular weight is 484 g/mol. The molecule has 1 aliphatic rings. The van der Waals surface area contributed by atoms with E-state index in [0.717, 1.165) is 0 Å². The van der Waals surface area contributed by atoms with Crippen LogP contribution >= 0.6 is 20.2 Å². The van der Waals surface area contributed by atoms with Crippen molar-refractivity contribution >= 4 is 26.2 Å². The van der Waals surface area contributed by atoms with Gasteiger partial charge in [-0.1, -0.05) is 0 Å². The molecule has 25 heavy (non-hydrogen) atoms. The molecule has 11 nitrogen and oxygen atoms in total. The van der Waals surface area contributed by atoms with Crippen molar-refractivity contribution in [3.63, 3.8) is 0 Å². The van der Waals surface area contributed by atoms with Gasteiger partial charge in [0.2, 0.25) is 0 Å². The molecule has 1 fully saturated rings. The van der Waals surface area contributed by atoms with Crippen molar-refractivity contribution in [1.29, 1.82) is 0 Å². The predicted molar refractivity (Wildman–Crippen MR) is 89.2 cm³/mol. The van der Waals surface area contributed by atoms with Gasteiger partial charge in [-0.2, -0.15) is 0 Å². The minimum absolute atomic E-state index is 0.0121. The van der Waals surface area contributed by atoms with E-state index in [9.17, 15) is 28.7 Å². The number of hydrogen-bond donors (Lipinski definition) is 7. The van der Waals surface area contributed by atoms with Gasteiger partial charge >= 0.3 is 151 Å². The number of ether oxygens (including phenoxy) is 3. The van der Waals surface area contributed by atoms with E-state index in [1.807, 2.05) is 0 Å². The molecule has 7 N–H and O–H groups in total. The first kappa shape index (κ1) is 22.9. The molecule has 7 atom stereocenters. The molecule has 0 aromatic heterocycles. The number of alkyl halides is 2. The molecule has 0 aromatic carbocycles. The van der Waals surface area contributed by atoms with Crippen molar-refractivity contribution in [1.82, 2.24) is 0 Å². The Morgan fingerprint density at radius 3 is 2.40 bits per heavy atom. The maximum atomic E-state index is 11.7. The number of carbonyl (C=O) groups excluding carboxylic acids is 1. The molecule has 1 heterocycles. The van der Waals surface area contributed by atoms with E-state index in [0.29, 0.717) is 0 Å². The summed E-state index contributed by atoms with van der Waals surface area (Å²) >= 11 is -3.33. The zero-order valence-electron chi connectivity index (χ0n) is 13.5. The predicted octanol–water partition coefficient (Wildman–Crippen LogP) is -3.19. The molecule has 0 radical (unpaired) electrons. The fourth-order valence-corrected chi connectivity index (χ4v) is 5.06. The van der Waals surface area contributed by atoms with Crippen LogP contribution in [0.5, 0.6) is 0 Å². The van der Waals surface area contributed by atoms with E-state index in [4.69, 9.17) is 24.4 Å². The summed E-state index contributed by atoms with van der Waals surface area (Å²) in [5.41, 5.74) is 0. The molecule has 150 valence electrons. The number of carbonyl (C=O) groups is 1. The third-order valence-corrected chi connectivity index (χ3v) is 7.08. The van der Waals surface area contributed by atoms with E-state index >= 15 is 0 Å². The third kappa shape index (κ3) is 6.82. The Hall–Kier alpha value is -0.160. The van der Waals surface area contributed by atoms with Gasteiger partial charge in [0.05, 0.1) is 0 Å². The molecule has 1 saturated heterocycles. The molecule has 1 aliphatic heterocycles. The maximum absolute atomic E-state index is 11.7. The normalized spacial score (nSPS) is 32.1. The number of aliphatic hydroxyl groups is 6. The van der Waals surface area contributed by atoms with Gasteiger partial charge in [-0.25, -0.2) is 0 Å². The molecule has 2 unspecified atom stereocenters. The van der Waals surface area contributed by atoms with Crippen molar-refractivity contribution in [3.8, 4) is 0 Å². The number of esters is 1. The Morgan fingerprint density at radius 1 is 1.24 bits per heavy atom. The Bertz CT molecular complexity index is 409. The van der Waals surface area contributed by atoms with Crippen LogP contribution in [0.25, 0.3) is 0 Å². The fourth-order valence-electron chi connectivity index (χ4n) is 2.01. The summed E-state index contributed by atoms with van der Waals surface area (Å²) in [6.07, 6.45) is -6.02. The van der Waals surface area contributed by atoms with Crippen LogP contribution < -0.4 is 0 Å². The van der Waals surface area contributed by atoms with Crippen LogP contribution in [0.15, 0.2) is 0 Å². The van der Waals surface area contributed by atoms with E-state index < -0.39 is 85.0 Å². The zero-order chi connectivity index (χ0) is 19.1. The van der Waals surface area contributed by atoms with Crippen LogP contribution in [-0.4, -0.2) is 98.8 Å². The first-order chi connectivity index (χ1) is 11.7. The molecule has 0 spiro atoms. The summed E-state index contributed by atoms with van der Waals surface area (Å²) in [6.45, 7) is -0.685. The van der Waals surface area contributed by atoms with Gasteiger partial charge < -0.3 is 0 Å². The van der Waals surface area contributed by atoms with Gasteiger partial charge in [0.1, 0.15) is 0 Å². The molecular formula is C13H25IO11. The van der Waals surface area contributed by atoms with Crippen LogP contribution in [0.4, 0.5) is 0 Å². The van der Waals surface area contributed by atoms with Crippen molar-refractivity contribution in [2.75, 3.05) is 19.8 Å². The van der Waals surface area contributed by atoms with Gasteiger partial charge in [-0.15, -0.1) is 0 Å². The second-order valence-corrected chi connectivity index (χ2v) is 9.62. The van der Waals surface area contributed by atoms with Crippen LogP contribution in [-0.2, 0) is 19.0 Å². The summed E-state index contributed by atoms with van der Waals surface area (Å²) in [7, 11) is 0. The molecule has 0 amide bonds. The summed E-state index contributed by atoms with van der Waals surface area (Å²) < 4.78 is 22.4. The van der Waals surface area contributed by atoms with Crippen molar-refractivity contribution in [2.45, 2.75) is 52.3 Å². The summed E-state index contributed by atoms with van der Waals surface area (Å²) in [5, 5.41) is 56.2. The average Bonchev–Trinajstić information content (AvgIpc) is 2.57. The topological polar surface area (TPSA) is 186 Å². The van der Waals surface area contributed by atoms with E-state index in [1.165, 1.54) is 6.92 Å². The number of hydrogen-bond acceptors (Lipinski definition) is 11. The second-order valence-electron chi connectivity index (χ2n) is 5.49. The van der Waals surface area contributed by atoms with Crippen LogP contribution in [0.1, 0.15) is 13.3 Å². The van der Waals surface area contributed by atoms with Crippen molar-refractivity contribution in [2.24, 2.45) is 0 Å². The first-order valence-corrected chi connectivity index (χ1v) is 10.9. The van der Waals surface area contributed by atoms with Gasteiger partial charge in [-0.05, 0) is 0 Å². The SMILES string of the molecule is C[C@H](O)CC1O[C@H](OCC(=O)O[C@@H](CO)[C@@H](O)CO)I(O)C(O)[C@@H]1O. The first-order valence-electron chi connectivity index (χ1n) is 7.47. The van der Waals surface area contributed by atoms with Crippen LogP contribution in [0.3, 0.4) is 0 Å². The monoisotopic (exact) mass is 484 g/mol. The molecule has 1 rings (SSSR count). The summed E-state index contributed by atoms with van der Waals surface area (Å²) in [5.74, 6) is -0.993. The zero-order valence-corrected chi connectivity index (χ0v) is 15.7. The summed E-state index contributed by atoms with van der Waals surface area (Å²) in [4.78, 5) is 11.7. The number of halogens is 1. The molecule has 0 bridgehead atoms. The Labute approximate surface area is 151 Å². The Morgan fingerprint density at radius 2 is 1.88 bits per heavy atom. The van der Waals surface area contributed by atoms with Crippen molar-refractivity contribution in [3.05, 3.63) is 0 Å². The quantitative estimate of drug-likeness (QED) is 0.0993. The van der Waals surface area contributed by atoms with Gasteiger partial charge in [0.25, 0.3) is 0 Å². The molecule has 0 aliphatic carbocycles. The molecule has 0 aromatic rings. The van der Waals surface area contributed by atoms with Crippen molar-refractivity contribution < 1.29 is 53.1 Å². The van der Waals surface area contributed by atoms with E-state index in [-0.39, 0.29) is 6.42 Å².